The summed E-state index contributed by atoms with van der Waals surface area (Å²) in [5.74, 6) is -0.301. The Labute approximate surface area is 728 Å². The average molecular weight is 2340 g/mol. The van der Waals surface area contributed by atoms with E-state index in [9.17, 15) is 17.6 Å². The number of fused-ring (bicyclic) bond motifs is 4. The molecule has 12 rings (SSSR count). The van der Waals surface area contributed by atoms with Crippen molar-refractivity contribution in [1.29, 1.82) is 5.26 Å². The van der Waals surface area contributed by atoms with Crippen molar-refractivity contribution in [2.75, 3.05) is 56.9 Å². The summed E-state index contributed by atoms with van der Waals surface area (Å²) in [5.41, 5.74) is 15.8. The van der Waals surface area contributed by atoms with Crippen molar-refractivity contribution < 1.29 is 177 Å². The molecule has 0 aliphatic rings. The van der Waals surface area contributed by atoms with Gasteiger partial charge in [0.05, 0.1) is 44.1 Å². The Morgan fingerprint density at radius 2 is 0.578 bits per heavy atom. The standard InChI is InChI=1S/C16H10F3N2.C16H10N3.C15H10ClN2.C15H10FN2.4C5H12O4.4Ir/c1-10-15(21-14-5-3-2-4-13(14)20-10)11-6-8-12(9-7-11)16(17,18)19;1-11-16(13-8-6-12(10-17)7-9-13)19-15-5-3-2-4-14(15)18-11;2*1-10-15(11-6-8-12(16)9-7-11)18-14-5-3-2-4-13(14)17-10;4*1-8-4(6)3-5(7)9-2;;;;/h2-6,8-9H,1H3;2-8H,1H3;2*2-6,8-9H,1H3;4*4-7H,3H2,1-2H3;;;;/q4*-1;;;;;;;;. The second kappa shape index (κ2) is 56.1. The number of aromatic nitrogens is 8. The zero-order valence-electron chi connectivity index (χ0n) is 64.7. The van der Waals surface area contributed by atoms with Gasteiger partial charge in [-0.05, 0) is 92.4 Å². The minimum absolute atomic E-state index is 0. The Kier molecular flexibility index (Phi) is 51.6. The molecule has 0 spiro atoms. The second-order valence-corrected chi connectivity index (χ2v) is 23.9. The molecule has 632 valence electrons. The van der Waals surface area contributed by atoms with Crippen molar-refractivity contribution in [1.82, 2.24) is 39.9 Å². The molecule has 0 amide bonds. The van der Waals surface area contributed by atoms with E-state index in [1.807, 2.05) is 136 Å². The third kappa shape index (κ3) is 36.4. The van der Waals surface area contributed by atoms with Gasteiger partial charge in [0, 0.05) is 220 Å². The van der Waals surface area contributed by atoms with Crippen LogP contribution in [0.15, 0.2) is 170 Å². The Bertz CT molecular complexity index is 4610. The van der Waals surface area contributed by atoms with E-state index in [0.717, 1.165) is 102 Å². The Morgan fingerprint density at radius 3 is 0.776 bits per heavy atom. The molecule has 0 bridgehead atoms. The van der Waals surface area contributed by atoms with Crippen LogP contribution >= 0.6 is 11.6 Å². The van der Waals surface area contributed by atoms with E-state index in [-0.39, 0.29) is 112 Å². The van der Waals surface area contributed by atoms with Crippen LogP contribution in [-0.2, 0) is 124 Å². The van der Waals surface area contributed by atoms with E-state index in [2.05, 4.69) is 108 Å². The van der Waals surface area contributed by atoms with Gasteiger partial charge in [-0.3, -0.25) is 44.3 Å². The zero-order valence-corrected chi connectivity index (χ0v) is 75.0. The molecule has 8 atom stereocenters. The van der Waals surface area contributed by atoms with Gasteiger partial charge >= 0.3 is 6.18 Å². The van der Waals surface area contributed by atoms with Gasteiger partial charge in [0.25, 0.3) is 0 Å². The molecular weight excluding hydrogens is 2250 g/mol. The van der Waals surface area contributed by atoms with Gasteiger partial charge in [0.2, 0.25) is 0 Å². The molecule has 0 aliphatic carbocycles. The van der Waals surface area contributed by atoms with Crippen LogP contribution in [0.4, 0.5) is 17.6 Å². The maximum atomic E-state index is 12.9. The van der Waals surface area contributed by atoms with E-state index in [1.165, 1.54) is 75.1 Å². The second-order valence-electron chi connectivity index (χ2n) is 23.5. The van der Waals surface area contributed by atoms with Crippen molar-refractivity contribution in [3.05, 3.63) is 239 Å². The normalized spacial score (nSPS) is 12.6. The quantitative estimate of drug-likeness (QED) is 0.0200. The summed E-state index contributed by atoms with van der Waals surface area (Å²) < 4.78 is 86.1. The van der Waals surface area contributed by atoms with Gasteiger partial charge in [-0.25, -0.2) is 5.26 Å². The zero-order chi connectivity index (χ0) is 82.5. The first-order chi connectivity index (χ1) is 53.5. The number of nitrogens with zero attached hydrogens (tertiary/aromatic N) is 9. The van der Waals surface area contributed by atoms with Crippen LogP contribution in [0.5, 0.6) is 0 Å². The molecule has 0 fully saturated rings. The third-order valence-corrected chi connectivity index (χ3v) is 15.7. The average Bonchev–Trinajstić information content (AvgIpc) is 0.825. The first kappa shape index (κ1) is 107. The molecule has 4 heterocycles. The summed E-state index contributed by atoms with van der Waals surface area (Å²) >= 11 is 5.87. The number of alkyl halides is 3. The number of halogens is 5. The van der Waals surface area contributed by atoms with E-state index < -0.39 is 62.1 Å². The van der Waals surface area contributed by atoms with Gasteiger partial charge in [-0.15, -0.1) is 131 Å². The van der Waals surface area contributed by atoms with Crippen molar-refractivity contribution in [3.63, 3.8) is 0 Å². The Hall–Kier alpha value is -7.42. The molecule has 8 unspecified atom stereocenters. The Balaban J connectivity index is 0.000000676. The van der Waals surface area contributed by atoms with E-state index in [0.29, 0.717) is 33.1 Å². The molecule has 4 radical (unpaired) electrons. The number of benzene rings is 8. The van der Waals surface area contributed by atoms with Gasteiger partial charge in [0.15, 0.2) is 50.3 Å². The third-order valence-electron chi connectivity index (χ3n) is 15.4. The topological polar surface area (TPSA) is 363 Å². The van der Waals surface area contributed by atoms with Crippen LogP contribution in [0.1, 0.15) is 59.6 Å². The fraction of sp³-hybridized carbons (Fsp3) is 0.305. The largest absolute Gasteiger partial charge is 0.381 e. The number of methoxy groups -OCH3 is 8. The molecule has 8 aromatic carbocycles. The Morgan fingerprint density at radius 1 is 0.345 bits per heavy atom. The molecular formula is C82H88ClF4Ir4N9O16-4. The smallest absolute Gasteiger partial charge is 0.368 e. The van der Waals surface area contributed by atoms with Crippen LogP contribution in [0.25, 0.3) is 89.2 Å². The van der Waals surface area contributed by atoms with Crippen molar-refractivity contribution in [3.8, 4) is 51.1 Å². The molecule has 0 saturated carbocycles. The number of nitriles is 1. The van der Waals surface area contributed by atoms with Crippen molar-refractivity contribution >= 4 is 55.7 Å². The summed E-state index contributed by atoms with van der Waals surface area (Å²) in [7, 11) is 10.8. The molecule has 0 aliphatic heterocycles. The number of rotatable bonds is 20. The minimum Gasteiger partial charge on any atom is -0.368 e. The molecule has 8 N–H and O–H groups in total. The predicted molar refractivity (Wildman–Crippen MR) is 411 cm³/mol. The minimum atomic E-state index is -4.36. The van der Waals surface area contributed by atoms with Gasteiger partial charge in [0.1, 0.15) is 0 Å². The van der Waals surface area contributed by atoms with Crippen LogP contribution in [0.2, 0.25) is 5.02 Å². The monoisotopic (exact) mass is 2340 g/mol. The maximum absolute atomic E-state index is 12.9. The number of aliphatic hydroxyl groups excluding tert-OH is 8. The van der Waals surface area contributed by atoms with Crippen molar-refractivity contribution in [2.24, 2.45) is 0 Å². The van der Waals surface area contributed by atoms with Crippen molar-refractivity contribution in [2.45, 2.75) is 110 Å². The molecule has 34 heteroatoms. The molecule has 12 aromatic rings. The van der Waals surface area contributed by atoms with Gasteiger partial charge in [-0.1, -0.05) is 48.5 Å². The van der Waals surface area contributed by atoms with Gasteiger partial charge < -0.3 is 78.7 Å². The number of aryl methyl sites for hydroxylation is 4. The SMILES string of the molecule is COC(O)CC(O)OC.COC(O)CC(O)OC.COC(O)CC(O)OC.COC(O)CC(O)OC.Cc1nc2ccccc2nc1-c1[c-]cc(C#N)cc1.Cc1nc2ccccc2nc1-c1[c-]cc(C(F)(F)F)cc1.Cc1nc2ccccc2nc1-c1[c-]cc(Cl)cc1.Cc1nc2ccccc2nc1-c1[c-]cc(F)cc1.[Ir].[Ir].[Ir].[Ir]. The van der Waals surface area contributed by atoms with E-state index >= 15 is 0 Å². The number of ether oxygens (including phenoxy) is 8. The van der Waals surface area contributed by atoms with Crippen LogP contribution in [0.3, 0.4) is 0 Å². The number of hydrogen-bond acceptors (Lipinski definition) is 25. The fourth-order valence-electron chi connectivity index (χ4n) is 9.33. The number of aliphatic hydroxyl groups is 8. The molecule has 4 aromatic heterocycles. The predicted octanol–water partition coefficient (Wildman–Crippen LogP) is 12.5. The van der Waals surface area contributed by atoms with Crippen LogP contribution in [-0.4, -0.2) is 188 Å². The first-order valence-corrected chi connectivity index (χ1v) is 34.4. The van der Waals surface area contributed by atoms with Crippen LogP contribution < -0.4 is 0 Å². The van der Waals surface area contributed by atoms with E-state index in [1.54, 1.807) is 31.2 Å². The number of hydrogen-bond donors (Lipinski definition) is 8. The fourth-order valence-corrected chi connectivity index (χ4v) is 9.45. The molecule has 25 nitrogen and oxygen atoms in total. The number of para-hydroxylation sites is 8. The van der Waals surface area contributed by atoms with Crippen LogP contribution in [0, 0.1) is 69.1 Å². The van der Waals surface area contributed by atoms with E-state index in [4.69, 9.17) is 57.7 Å². The maximum Gasteiger partial charge on any atom is 0.381 e. The summed E-state index contributed by atoms with van der Waals surface area (Å²) in [6, 6.07) is 63.0. The molecule has 0 saturated heterocycles. The summed E-state index contributed by atoms with van der Waals surface area (Å²) in [5, 5.41) is 79.0. The molecule has 116 heavy (non-hydrogen) atoms. The van der Waals surface area contributed by atoms with Gasteiger partial charge in [-0.2, -0.15) is 13.2 Å². The summed E-state index contributed by atoms with van der Waals surface area (Å²) in [4.78, 5) is 36.3. The summed E-state index contributed by atoms with van der Waals surface area (Å²) in [6.07, 6.45) is -11.6. The summed E-state index contributed by atoms with van der Waals surface area (Å²) in [6.45, 7) is 7.56. The first-order valence-electron chi connectivity index (χ1n) is 34.0.